The quantitative estimate of drug-likeness (QED) is 0.763. The minimum atomic E-state index is 0.536. The van der Waals surface area contributed by atoms with Crippen LogP contribution in [0.1, 0.15) is 64.5 Å². The van der Waals surface area contributed by atoms with Gasteiger partial charge in [-0.2, -0.15) is 0 Å². The first-order valence-electron chi connectivity index (χ1n) is 8.07. The molecule has 2 rings (SSSR count). The first-order chi connectivity index (χ1) is 9.26. The largest absolute Gasteiger partial charge is 0.307 e. The van der Waals surface area contributed by atoms with E-state index in [4.69, 9.17) is 0 Å². The minimum absolute atomic E-state index is 0.536. The Balaban J connectivity index is 2.02. The van der Waals surface area contributed by atoms with Crippen molar-refractivity contribution in [1.29, 1.82) is 0 Å². The topological polar surface area (TPSA) is 12.0 Å². The Morgan fingerprint density at radius 3 is 2.47 bits per heavy atom. The van der Waals surface area contributed by atoms with Crippen LogP contribution in [-0.2, 0) is 0 Å². The van der Waals surface area contributed by atoms with Crippen LogP contribution in [0.25, 0.3) is 0 Å². The van der Waals surface area contributed by atoms with Gasteiger partial charge in [-0.25, -0.2) is 0 Å². The number of rotatable bonds is 6. The molecule has 0 aliphatic heterocycles. The highest BCUT2D eigenvalue weighted by Crippen LogP contribution is 2.35. The second kappa shape index (κ2) is 7.09. The molecule has 0 aromatic heterocycles. The first kappa shape index (κ1) is 14.6. The Kier molecular flexibility index (Phi) is 5.45. The molecule has 0 saturated heterocycles. The zero-order valence-corrected chi connectivity index (χ0v) is 12.7. The van der Waals surface area contributed by atoms with Crippen molar-refractivity contribution in [3.05, 3.63) is 35.9 Å². The van der Waals surface area contributed by atoms with Gasteiger partial charge in [0, 0.05) is 12.1 Å². The normalized spacial score (nSPS) is 28.5. The highest BCUT2D eigenvalue weighted by molar-refractivity contribution is 5.19. The maximum absolute atomic E-state index is 3.95. The molecule has 0 radical (unpaired) electrons. The standard InChI is InChI=1S/C18H29N/c1-4-9-18(16-10-7-6-8-11-16)19-17-13-12-15(5-2)14(17)3/h6-8,10-11,14-15,17-19H,4-5,9,12-13H2,1-3H3. The van der Waals surface area contributed by atoms with Crippen molar-refractivity contribution >= 4 is 0 Å². The molecule has 1 aromatic rings. The van der Waals surface area contributed by atoms with Crippen LogP contribution < -0.4 is 5.32 Å². The fourth-order valence-electron chi connectivity index (χ4n) is 3.64. The summed E-state index contributed by atoms with van der Waals surface area (Å²) in [7, 11) is 0. The molecule has 1 saturated carbocycles. The SMILES string of the molecule is CCCC(NC1CCC(CC)C1C)c1ccccc1. The third-order valence-corrected chi connectivity index (χ3v) is 4.95. The zero-order valence-electron chi connectivity index (χ0n) is 12.7. The molecular formula is C18H29N. The van der Waals surface area contributed by atoms with Gasteiger partial charge in [0.1, 0.15) is 0 Å². The number of nitrogens with one attached hydrogen (secondary N) is 1. The lowest BCUT2D eigenvalue weighted by Gasteiger charge is -2.27. The van der Waals surface area contributed by atoms with E-state index in [1.807, 2.05) is 0 Å². The van der Waals surface area contributed by atoms with Gasteiger partial charge in [-0.05, 0) is 36.7 Å². The second-order valence-electron chi connectivity index (χ2n) is 6.13. The Hall–Kier alpha value is -0.820. The third kappa shape index (κ3) is 3.60. The van der Waals surface area contributed by atoms with Crippen molar-refractivity contribution in [2.24, 2.45) is 11.8 Å². The summed E-state index contributed by atoms with van der Waals surface area (Å²) in [5.41, 5.74) is 1.46. The van der Waals surface area contributed by atoms with E-state index in [0.717, 1.165) is 11.8 Å². The molecule has 1 aromatic carbocycles. The van der Waals surface area contributed by atoms with Crippen LogP contribution in [-0.4, -0.2) is 6.04 Å². The molecule has 0 spiro atoms. The van der Waals surface area contributed by atoms with E-state index in [1.54, 1.807) is 0 Å². The lowest BCUT2D eigenvalue weighted by molar-refractivity contribution is 0.314. The molecule has 1 fully saturated rings. The second-order valence-corrected chi connectivity index (χ2v) is 6.13. The molecule has 4 unspecified atom stereocenters. The van der Waals surface area contributed by atoms with E-state index in [0.29, 0.717) is 12.1 Å². The number of hydrogen-bond acceptors (Lipinski definition) is 1. The molecule has 1 heteroatoms. The first-order valence-corrected chi connectivity index (χ1v) is 8.07. The minimum Gasteiger partial charge on any atom is -0.307 e. The van der Waals surface area contributed by atoms with Crippen molar-refractivity contribution in [3.8, 4) is 0 Å². The zero-order chi connectivity index (χ0) is 13.7. The van der Waals surface area contributed by atoms with Crippen molar-refractivity contribution in [1.82, 2.24) is 5.32 Å². The maximum atomic E-state index is 3.95. The van der Waals surface area contributed by atoms with Crippen LogP contribution in [0.15, 0.2) is 30.3 Å². The van der Waals surface area contributed by atoms with Gasteiger partial charge in [-0.1, -0.05) is 63.9 Å². The number of benzene rings is 1. The van der Waals surface area contributed by atoms with Crippen LogP contribution in [0.3, 0.4) is 0 Å². The van der Waals surface area contributed by atoms with Crippen LogP contribution in [0, 0.1) is 11.8 Å². The highest BCUT2D eigenvalue weighted by Gasteiger charge is 2.32. The molecule has 1 nitrogen and oxygen atoms in total. The van der Waals surface area contributed by atoms with Gasteiger partial charge in [0.15, 0.2) is 0 Å². The summed E-state index contributed by atoms with van der Waals surface area (Å²) in [5.74, 6) is 1.75. The van der Waals surface area contributed by atoms with Gasteiger partial charge in [-0.15, -0.1) is 0 Å². The van der Waals surface area contributed by atoms with E-state index in [2.05, 4.69) is 56.4 Å². The third-order valence-electron chi connectivity index (χ3n) is 4.95. The average molecular weight is 259 g/mol. The van der Waals surface area contributed by atoms with Crippen molar-refractivity contribution in [3.63, 3.8) is 0 Å². The Morgan fingerprint density at radius 1 is 1.16 bits per heavy atom. The summed E-state index contributed by atoms with van der Waals surface area (Å²) in [6, 6.07) is 12.2. The Bertz CT molecular complexity index is 359. The van der Waals surface area contributed by atoms with Gasteiger partial charge < -0.3 is 5.32 Å². The van der Waals surface area contributed by atoms with E-state index in [9.17, 15) is 0 Å². The van der Waals surface area contributed by atoms with Crippen LogP contribution in [0.2, 0.25) is 0 Å². The molecule has 19 heavy (non-hydrogen) atoms. The molecule has 1 aliphatic carbocycles. The van der Waals surface area contributed by atoms with Gasteiger partial charge >= 0.3 is 0 Å². The Morgan fingerprint density at radius 2 is 1.89 bits per heavy atom. The lowest BCUT2D eigenvalue weighted by atomic mass is 9.92. The summed E-state index contributed by atoms with van der Waals surface area (Å²) in [5, 5.41) is 3.95. The summed E-state index contributed by atoms with van der Waals surface area (Å²) in [6.07, 6.45) is 6.58. The molecule has 1 aliphatic rings. The summed E-state index contributed by atoms with van der Waals surface area (Å²) in [6.45, 7) is 7.06. The summed E-state index contributed by atoms with van der Waals surface area (Å²) >= 11 is 0. The van der Waals surface area contributed by atoms with E-state index >= 15 is 0 Å². The predicted octanol–water partition coefficient (Wildman–Crippen LogP) is 4.94. The van der Waals surface area contributed by atoms with Gasteiger partial charge in [0.25, 0.3) is 0 Å². The lowest BCUT2D eigenvalue weighted by Crippen LogP contribution is -2.35. The van der Waals surface area contributed by atoms with E-state index in [1.165, 1.54) is 37.7 Å². The molecule has 0 bridgehead atoms. The average Bonchev–Trinajstić information content (AvgIpc) is 2.80. The summed E-state index contributed by atoms with van der Waals surface area (Å²) < 4.78 is 0. The molecule has 0 heterocycles. The monoisotopic (exact) mass is 259 g/mol. The molecule has 4 atom stereocenters. The van der Waals surface area contributed by atoms with Crippen LogP contribution >= 0.6 is 0 Å². The fourth-order valence-corrected chi connectivity index (χ4v) is 3.64. The smallest absolute Gasteiger partial charge is 0.0322 e. The van der Waals surface area contributed by atoms with Gasteiger partial charge in [-0.3, -0.25) is 0 Å². The molecule has 106 valence electrons. The Labute approximate surface area is 118 Å². The molecule has 1 N–H and O–H groups in total. The van der Waals surface area contributed by atoms with Crippen LogP contribution in [0.4, 0.5) is 0 Å². The van der Waals surface area contributed by atoms with Gasteiger partial charge in [0.05, 0.1) is 0 Å². The van der Waals surface area contributed by atoms with Crippen molar-refractivity contribution in [2.75, 3.05) is 0 Å². The fraction of sp³-hybridized carbons (Fsp3) is 0.667. The highest BCUT2D eigenvalue weighted by atomic mass is 15.0. The number of hydrogen-bond donors (Lipinski definition) is 1. The van der Waals surface area contributed by atoms with Crippen LogP contribution in [0.5, 0.6) is 0 Å². The van der Waals surface area contributed by atoms with Gasteiger partial charge in [0.2, 0.25) is 0 Å². The van der Waals surface area contributed by atoms with E-state index < -0.39 is 0 Å². The van der Waals surface area contributed by atoms with E-state index in [-0.39, 0.29) is 0 Å². The van der Waals surface area contributed by atoms with Crippen molar-refractivity contribution in [2.45, 2.75) is 65.0 Å². The van der Waals surface area contributed by atoms with Crippen molar-refractivity contribution < 1.29 is 0 Å². The predicted molar refractivity (Wildman–Crippen MR) is 83.2 cm³/mol. The summed E-state index contributed by atoms with van der Waals surface area (Å²) in [4.78, 5) is 0. The molecular weight excluding hydrogens is 230 g/mol. The molecule has 0 amide bonds. The maximum Gasteiger partial charge on any atom is 0.0322 e.